The molecule has 0 saturated carbocycles. The largest absolute Gasteiger partial charge is 0.503 e. The predicted molar refractivity (Wildman–Crippen MR) is 451 cm³/mol. The number of alkyl halides is 12. The van der Waals surface area contributed by atoms with Crippen LogP contribution in [-0.4, -0.2) is 76.5 Å². The van der Waals surface area contributed by atoms with Gasteiger partial charge >= 0.3 is 71.4 Å². The Morgan fingerprint density at radius 3 is 0.756 bits per heavy atom. The molecule has 714 valence electrons. The second kappa shape index (κ2) is 47.1. The van der Waals surface area contributed by atoms with Gasteiger partial charge in [0.25, 0.3) is 0 Å². The molecule has 0 heterocycles. The highest BCUT2D eigenvalue weighted by Crippen LogP contribution is 2.40. The van der Waals surface area contributed by atoms with Crippen molar-refractivity contribution in [1.82, 2.24) is 0 Å². The zero-order valence-electron chi connectivity index (χ0n) is 69.9. The molecule has 0 amide bonds. The van der Waals surface area contributed by atoms with Crippen LogP contribution in [0, 0.1) is 79.2 Å². The Morgan fingerprint density at radius 1 is 0.244 bits per heavy atom. The summed E-state index contributed by atoms with van der Waals surface area (Å²) < 4.78 is 345. The third kappa shape index (κ3) is 33.6. The lowest BCUT2D eigenvalue weighted by Gasteiger charge is -2.12. The van der Waals surface area contributed by atoms with Crippen molar-refractivity contribution in [2.45, 2.75) is 90.9 Å². The molecule has 1 N–H and O–H groups in total. The van der Waals surface area contributed by atoms with Crippen LogP contribution in [-0.2, 0) is 28.8 Å². The third-order valence-corrected chi connectivity index (χ3v) is 17.5. The molecule has 0 aliphatic carbocycles. The van der Waals surface area contributed by atoms with Gasteiger partial charge in [-0.25, -0.2) is 46.3 Å². The van der Waals surface area contributed by atoms with E-state index in [1.807, 2.05) is 74.5 Å². The van der Waals surface area contributed by atoms with Crippen LogP contribution in [0.1, 0.15) is 52.7 Å². The molecule has 0 atom stereocenters. The van der Waals surface area contributed by atoms with Crippen LogP contribution in [0.15, 0.2) is 237 Å². The lowest BCUT2D eigenvalue weighted by Crippen LogP contribution is -2.29. The molecule has 0 aliphatic heterocycles. The number of hydrogen-bond donors (Lipinski definition) is 1. The fourth-order valence-corrected chi connectivity index (χ4v) is 10.5. The van der Waals surface area contributed by atoms with E-state index in [1.165, 1.54) is 97.1 Å². The molecule has 0 bridgehead atoms. The SMILES string of the molecule is CC(F)(F)C(=O)Oc1ccc(Oc2c(F)c(F)c(F)c(F)c2F)cc1.CC(F)(F)C(=O)Oc1ccc(Oc2c(F)c(F)c(O)c(F)c2F)cc1.CC(F)(F)C(=O)Oc1ccc(Oc2ccc(F)cc2)cc1.CC(F)(F)C(=O)Oc1ccc(Oc2cccc(I)c2)cc1.Cc1cccc(I)c1Oc1ccc(OC(=O)C(C)(F)F)cc1.Cc1ccccc1Oc1ccc(OC(=O)C(C)(F)F)cc1. The van der Waals surface area contributed by atoms with Gasteiger partial charge in [-0.3, -0.25) is 0 Å². The Hall–Kier alpha value is -14.0. The van der Waals surface area contributed by atoms with Gasteiger partial charge in [0.2, 0.25) is 63.9 Å². The number of aryl methyl sites for hydroxylation is 2. The molecular formula is C92H64F22I2O19. The average Bonchev–Trinajstić information content (AvgIpc) is 0.795. The van der Waals surface area contributed by atoms with Crippen molar-refractivity contribution in [3.05, 3.63) is 313 Å². The van der Waals surface area contributed by atoms with Crippen LogP contribution >= 0.6 is 45.2 Å². The number of carbonyl (C=O) groups is 6. The summed E-state index contributed by atoms with van der Waals surface area (Å²) in [4.78, 5) is 66.2. The van der Waals surface area contributed by atoms with E-state index < -0.39 is 147 Å². The van der Waals surface area contributed by atoms with Crippen LogP contribution in [0.25, 0.3) is 0 Å². The first-order valence-electron chi connectivity index (χ1n) is 37.5. The minimum atomic E-state index is -3.75. The van der Waals surface area contributed by atoms with E-state index in [2.05, 4.69) is 83.1 Å². The molecule has 12 aromatic carbocycles. The highest BCUT2D eigenvalue weighted by atomic mass is 127. The van der Waals surface area contributed by atoms with Crippen molar-refractivity contribution in [2.24, 2.45) is 0 Å². The number of phenolic OH excluding ortho intramolecular Hbond substituents is 1. The molecule has 12 aromatic rings. The molecule has 0 aliphatic rings. The lowest BCUT2D eigenvalue weighted by molar-refractivity contribution is -0.159. The fraction of sp³-hybridized carbons (Fsp3) is 0.152. The number of phenols is 1. The molecule has 0 spiro atoms. The quantitative estimate of drug-likeness (QED) is 0.0148. The molecule has 0 radical (unpaired) electrons. The summed E-state index contributed by atoms with van der Waals surface area (Å²) >= 11 is 4.33. The summed E-state index contributed by atoms with van der Waals surface area (Å²) in [5, 5.41) is 8.85. The lowest BCUT2D eigenvalue weighted by atomic mass is 10.2. The van der Waals surface area contributed by atoms with Gasteiger partial charge in [-0.15, -0.1) is 0 Å². The van der Waals surface area contributed by atoms with Gasteiger partial charge in [0.1, 0.15) is 97.8 Å². The van der Waals surface area contributed by atoms with Crippen LogP contribution in [0.4, 0.5) is 96.6 Å². The molecule has 0 unspecified atom stereocenters. The van der Waals surface area contributed by atoms with Crippen LogP contribution in [0.5, 0.6) is 109 Å². The van der Waals surface area contributed by atoms with Gasteiger partial charge in [0.15, 0.2) is 5.75 Å². The Labute approximate surface area is 777 Å². The van der Waals surface area contributed by atoms with Crippen molar-refractivity contribution in [1.29, 1.82) is 0 Å². The number of ether oxygens (including phenoxy) is 12. The molecule has 135 heavy (non-hydrogen) atoms. The Balaban J connectivity index is 0.000000221. The highest BCUT2D eigenvalue weighted by Gasteiger charge is 2.40. The van der Waals surface area contributed by atoms with Crippen molar-refractivity contribution < 1.29 is 187 Å². The van der Waals surface area contributed by atoms with Crippen molar-refractivity contribution in [3.63, 3.8) is 0 Å². The van der Waals surface area contributed by atoms with Gasteiger partial charge in [0, 0.05) is 45.1 Å². The second-order valence-electron chi connectivity index (χ2n) is 27.5. The maximum atomic E-state index is 13.6. The van der Waals surface area contributed by atoms with Crippen LogP contribution in [0.2, 0.25) is 0 Å². The van der Waals surface area contributed by atoms with Gasteiger partial charge in [-0.05, 0) is 270 Å². The number of halogens is 24. The van der Waals surface area contributed by atoms with E-state index in [-0.39, 0.29) is 46.1 Å². The van der Waals surface area contributed by atoms with Crippen molar-refractivity contribution >= 4 is 81.0 Å². The molecular weight excluding hydrogens is 2080 g/mol. The number of esters is 6. The molecule has 19 nitrogen and oxygen atoms in total. The standard InChI is InChI=1S/C16H13F2IO3.C16H14F2O3.C15H7F7O3.C15H8F6O4.C15H11F3O3.C15H11F2IO3/c1-10-4-3-5-13(19)14(10)21-11-6-8-12(9-7-11)22-15(20)16(2,17)18;1-11-5-3-4-6-14(11)20-12-7-9-13(10-8-12)21-15(19)16(2,17)18;1-15(21,22)14(23)25-7-4-2-6(3-5-7)24-13-11(19)9(17)8(16)10(18)12(13)20;1-15(20,21)14(23)25-7-4-2-6(3-5-7)24-13-10(18)8(16)12(22)9(17)11(13)19;1-15(17,18)14(19)21-13-8-6-12(7-9-13)20-11-4-2-10(16)3-5-11;1-15(16,17)14(19)21-12-7-5-11(6-8-12)20-13-4-2-3-10(18)9-13/h3-9H,1-2H3;3-10H,1-2H3;2-5H,1H3;2-5,22H,1H3;2*2-9H,1H3. The molecule has 43 heteroatoms. The first kappa shape index (κ1) is 108. The fourth-order valence-electron chi connectivity index (χ4n) is 9.20. The van der Waals surface area contributed by atoms with Gasteiger partial charge in [-0.1, -0.05) is 36.4 Å². The van der Waals surface area contributed by atoms with E-state index in [1.54, 1.807) is 30.3 Å². The minimum Gasteiger partial charge on any atom is -0.503 e. The Morgan fingerprint density at radius 2 is 0.474 bits per heavy atom. The van der Waals surface area contributed by atoms with Crippen LogP contribution in [0.3, 0.4) is 0 Å². The average molecular weight is 2150 g/mol. The summed E-state index contributed by atoms with van der Waals surface area (Å²) in [7, 11) is 0. The summed E-state index contributed by atoms with van der Waals surface area (Å²) in [6.07, 6.45) is 0. The zero-order chi connectivity index (χ0) is 101. The Kier molecular flexibility index (Phi) is 37.7. The number of para-hydroxylation sites is 2. The highest BCUT2D eigenvalue weighted by molar-refractivity contribution is 14.1. The summed E-state index contributed by atoms with van der Waals surface area (Å²) in [6, 6.07) is 56.7. The maximum Gasteiger partial charge on any atom is 0.382 e. The maximum absolute atomic E-state index is 13.6. The summed E-state index contributed by atoms with van der Waals surface area (Å²) in [6.45, 7) is 6.41. The third-order valence-electron chi connectivity index (χ3n) is 16.0. The number of hydrogen-bond acceptors (Lipinski definition) is 19. The molecule has 12 rings (SSSR count). The minimum absolute atomic E-state index is 0.0204. The number of carbonyl (C=O) groups excluding carboxylic acids is 6. The number of benzene rings is 12. The Bertz CT molecular complexity index is 5900. The second-order valence-corrected chi connectivity index (χ2v) is 29.9. The summed E-state index contributed by atoms with van der Waals surface area (Å²) in [5.74, 6) is -52.9. The van der Waals surface area contributed by atoms with Crippen LogP contribution < -0.4 is 56.8 Å². The predicted octanol–water partition coefficient (Wildman–Crippen LogP) is 27.2. The van der Waals surface area contributed by atoms with Gasteiger partial charge < -0.3 is 61.9 Å². The zero-order valence-corrected chi connectivity index (χ0v) is 74.2. The van der Waals surface area contributed by atoms with E-state index >= 15 is 0 Å². The smallest absolute Gasteiger partial charge is 0.382 e. The van der Waals surface area contributed by atoms with E-state index in [4.69, 9.17) is 24.1 Å². The monoisotopic (exact) mass is 2140 g/mol. The summed E-state index contributed by atoms with van der Waals surface area (Å²) in [5.41, 5.74) is 1.95. The molecule has 0 aromatic heterocycles. The van der Waals surface area contributed by atoms with Gasteiger partial charge in [-0.2, -0.15) is 79.0 Å². The van der Waals surface area contributed by atoms with Gasteiger partial charge in [0.05, 0.1) is 3.57 Å². The molecule has 0 saturated heterocycles. The topological polar surface area (TPSA) is 233 Å². The normalized spacial score (nSPS) is 11.2. The van der Waals surface area contributed by atoms with E-state index in [0.29, 0.717) is 81.8 Å². The number of aromatic hydroxyl groups is 1. The number of rotatable bonds is 24. The first-order chi connectivity index (χ1) is 62.9. The molecule has 0 fully saturated rings. The van der Waals surface area contributed by atoms with Crippen molar-refractivity contribution in [2.75, 3.05) is 0 Å². The first-order valence-corrected chi connectivity index (χ1v) is 39.7. The van der Waals surface area contributed by atoms with Crippen molar-refractivity contribution in [3.8, 4) is 109 Å². The van der Waals surface area contributed by atoms with E-state index in [0.717, 1.165) is 72.5 Å². The van der Waals surface area contributed by atoms with E-state index in [9.17, 15) is 125 Å².